The molecule has 0 saturated heterocycles. The zero-order chi connectivity index (χ0) is 13.1. The van der Waals surface area contributed by atoms with Gasteiger partial charge in [0.05, 0.1) is 0 Å². The van der Waals surface area contributed by atoms with Gasteiger partial charge in [-0.3, -0.25) is 4.57 Å². The number of nitrogen functional groups attached to an aromatic ring is 1. The average Bonchev–Trinajstić information content (AvgIpc) is 2.66. The van der Waals surface area contributed by atoms with E-state index in [1.807, 2.05) is 10.6 Å². The summed E-state index contributed by atoms with van der Waals surface area (Å²) in [5.41, 5.74) is 7.64. The summed E-state index contributed by atoms with van der Waals surface area (Å²) in [4.78, 5) is 11.1. The normalized spacial score (nSPS) is 11.6. The van der Waals surface area contributed by atoms with Crippen molar-refractivity contribution in [2.45, 2.75) is 20.4 Å². The molecule has 0 fully saturated rings. The molecule has 0 radical (unpaired) electrons. The number of fused-ring (bicyclic) bond motifs is 1. The maximum absolute atomic E-state index is 5.95. The lowest BCUT2D eigenvalue weighted by Gasteiger charge is -2.18. The first-order chi connectivity index (χ1) is 8.65. The molecular weight excluding hydrogens is 294 g/mol. The van der Waals surface area contributed by atoms with Crippen molar-refractivity contribution in [2.24, 2.45) is 0 Å². The Morgan fingerprint density at radius 2 is 2.11 bits per heavy atom. The third-order valence-corrected chi connectivity index (χ3v) is 3.55. The summed E-state index contributed by atoms with van der Waals surface area (Å²) in [6.45, 7) is 8.19. The van der Waals surface area contributed by atoms with Crippen LogP contribution in [0.15, 0.2) is 16.7 Å². The summed E-state index contributed by atoms with van der Waals surface area (Å²) in [5, 5.41) is 0. The first-order valence-electron chi connectivity index (χ1n) is 6.15. The van der Waals surface area contributed by atoms with Gasteiger partial charge in [-0.1, -0.05) is 13.8 Å². The number of imidazole rings is 1. The van der Waals surface area contributed by atoms with Crippen LogP contribution in [0.1, 0.15) is 13.8 Å². The molecule has 6 heteroatoms. The van der Waals surface area contributed by atoms with Gasteiger partial charge in [0.2, 0.25) is 5.95 Å². The monoisotopic (exact) mass is 311 g/mol. The van der Waals surface area contributed by atoms with Gasteiger partial charge in [0.25, 0.3) is 0 Å². The summed E-state index contributed by atoms with van der Waals surface area (Å²) < 4.78 is 2.89. The molecule has 0 spiro atoms. The molecule has 18 heavy (non-hydrogen) atoms. The van der Waals surface area contributed by atoms with Gasteiger partial charge in [0.15, 0.2) is 5.65 Å². The van der Waals surface area contributed by atoms with Crippen molar-refractivity contribution in [2.75, 3.05) is 25.4 Å². The number of nitrogens with zero attached hydrogens (tertiary/aromatic N) is 4. The number of hydrogen-bond donors (Lipinski definition) is 1. The van der Waals surface area contributed by atoms with Crippen LogP contribution in [0.2, 0.25) is 0 Å². The van der Waals surface area contributed by atoms with Gasteiger partial charge in [0, 0.05) is 23.8 Å². The number of likely N-dealkylation sites (N-methyl/N-ethyl adjacent to an activating group) is 1. The third kappa shape index (κ3) is 2.64. The SMILES string of the molecule is CCN(CC)CCn1c(N)nc2cc(Br)cnc21. The molecular formula is C12H18BrN5. The number of aromatic nitrogens is 3. The highest BCUT2D eigenvalue weighted by Gasteiger charge is 2.10. The second kappa shape index (κ2) is 5.67. The van der Waals surface area contributed by atoms with E-state index in [1.54, 1.807) is 6.20 Å². The summed E-state index contributed by atoms with van der Waals surface area (Å²) in [7, 11) is 0. The molecule has 0 aliphatic heterocycles. The van der Waals surface area contributed by atoms with Gasteiger partial charge < -0.3 is 10.6 Å². The molecule has 0 bridgehead atoms. The Morgan fingerprint density at radius 1 is 1.39 bits per heavy atom. The van der Waals surface area contributed by atoms with Crippen molar-refractivity contribution in [3.63, 3.8) is 0 Å². The Balaban J connectivity index is 2.24. The highest BCUT2D eigenvalue weighted by atomic mass is 79.9. The predicted molar refractivity (Wildman–Crippen MR) is 77.4 cm³/mol. The number of nitrogens with two attached hydrogens (primary N) is 1. The molecule has 2 aromatic heterocycles. The summed E-state index contributed by atoms with van der Waals surface area (Å²) in [5.74, 6) is 0.530. The van der Waals surface area contributed by atoms with Gasteiger partial charge in [0.1, 0.15) is 5.52 Å². The maximum atomic E-state index is 5.95. The van der Waals surface area contributed by atoms with E-state index in [9.17, 15) is 0 Å². The van der Waals surface area contributed by atoms with E-state index in [2.05, 4.69) is 44.6 Å². The number of rotatable bonds is 5. The lowest BCUT2D eigenvalue weighted by Crippen LogP contribution is -2.27. The molecule has 0 atom stereocenters. The van der Waals surface area contributed by atoms with Gasteiger partial charge in [-0.25, -0.2) is 9.97 Å². The van der Waals surface area contributed by atoms with Gasteiger partial charge in [-0.05, 0) is 35.1 Å². The van der Waals surface area contributed by atoms with Gasteiger partial charge in [-0.15, -0.1) is 0 Å². The van der Waals surface area contributed by atoms with E-state index in [0.717, 1.165) is 41.8 Å². The van der Waals surface area contributed by atoms with Crippen LogP contribution in [0.3, 0.4) is 0 Å². The zero-order valence-electron chi connectivity index (χ0n) is 10.7. The van der Waals surface area contributed by atoms with Crippen molar-refractivity contribution in [1.82, 2.24) is 19.4 Å². The molecule has 0 aromatic carbocycles. The van der Waals surface area contributed by atoms with E-state index in [4.69, 9.17) is 5.73 Å². The predicted octanol–water partition coefficient (Wildman–Crippen LogP) is 2.12. The first kappa shape index (κ1) is 13.3. The standard InChI is InChI=1S/C12H18BrN5/c1-3-17(4-2)5-6-18-11-10(16-12(18)14)7-9(13)8-15-11/h7-8H,3-6H2,1-2H3,(H2,14,16). The van der Waals surface area contributed by atoms with Crippen LogP contribution >= 0.6 is 15.9 Å². The molecule has 0 unspecified atom stereocenters. The topological polar surface area (TPSA) is 60.0 Å². The molecule has 2 rings (SSSR count). The Hall–Kier alpha value is -1.14. The van der Waals surface area contributed by atoms with Crippen LogP contribution in [-0.4, -0.2) is 39.1 Å². The number of pyridine rings is 1. The Labute approximate surface area is 115 Å². The molecule has 0 amide bonds. The Kier molecular flexibility index (Phi) is 4.19. The van der Waals surface area contributed by atoms with Crippen molar-refractivity contribution in [3.05, 3.63) is 16.7 Å². The average molecular weight is 312 g/mol. The second-order valence-electron chi connectivity index (χ2n) is 4.14. The van der Waals surface area contributed by atoms with Crippen LogP contribution in [0.25, 0.3) is 11.2 Å². The Morgan fingerprint density at radius 3 is 2.78 bits per heavy atom. The minimum absolute atomic E-state index is 0.530. The van der Waals surface area contributed by atoms with Crippen LogP contribution in [-0.2, 0) is 6.54 Å². The zero-order valence-corrected chi connectivity index (χ0v) is 12.3. The van der Waals surface area contributed by atoms with Gasteiger partial charge in [-0.2, -0.15) is 0 Å². The lowest BCUT2D eigenvalue weighted by molar-refractivity contribution is 0.292. The smallest absolute Gasteiger partial charge is 0.202 e. The molecule has 2 aromatic rings. The van der Waals surface area contributed by atoms with E-state index in [1.165, 1.54) is 0 Å². The first-order valence-corrected chi connectivity index (χ1v) is 6.94. The van der Waals surface area contributed by atoms with E-state index >= 15 is 0 Å². The van der Waals surface area contributed by atoms with E-state index in [0.29, 0.717) is 5.95 Å². The van der Waals surface area contributed by atoms with Gasteiger partial charge >= 0.3 is 0 Å². The molecule has 0 aliphatic rings. The minimum atomic E-state index is 0.530. The van der Waals surface area contributed by atoms with E-state index in [-0.39, 0.29) is 0 Å². The van der Waals surface area contributed by atoms with Crippen molar-refractivity contribution >= 4 is 33.0 Å². The minimum Gasteiger partial charge on any atom is -0.369 e. The van der Waals surface area contributed by atoms with Crippen LogP contribution in [0, 0.1) is 0 Å². The van der Waals surface area contributed by atoms with Crippen LogP contribution in [0.5, 0.6) is 0 Å². The van der Waals surface area contributed by atoms with Crippen LogP contribution in [0.4, 0.5) is 5.95 Å². The van der Waals surface area contributed by atoms with E-state index < -0.39 is 0 Å². The largest absolute Gasteiger partial charge is 0.369 e. The fourth-order valence-corrected chi connectivity index (χ4v) is 2.32. The summed E-state index contributed by atoms with van der Waals surface area (Å²) in [6, 6.07) is 1.94. The second-order valence-corrected chi connectivity index (χ2v) is 5.06. The van der Waals surface area contributed by atoms with Crippen molar-refractivity contribution in [1.29, 1.82) is 0 Å². The molecule has 0 aliphatic carbocycles. The quantitative estimate of drug-likeness (QED) is 0.919. The maximum Gasteiger partial charge on any atom is 0.202 e. The summed E-state index contributed by atoms with van der Waals surface area (Å²) >= 11 is 3.39. The number of hydrogen-bond acceptors (Lipinski definition) is 4. The number of halogens is 1. The fourth-order valence-electron chi connectivity index (χ4n) is 2.01. The molecule has 0 saturated carbocycles. The molecule has 2 N–H and O–H groups in total. The molecule has 2 heterocycles. The highest BCUT2D eigenvalue weighted by Crippen LogP contribution is 2.19. The lowest BCUT2D eigenvalue weighted by atomic mass is 10.4. The van der Waals surface area contributed by atoms with Crippen molar-refractivity contribution in [3.8, 4) is 0 Å². The fraction of sp³-hybridized carbons (Fsp3) is 0.500. The number of anilines is 1. The third-order valence-electron chi connectivity index (χ3n) is 3.12. The van der Waals surface area contributed by atoms with Crippen molar-refractivity contribution < 1.29 is 0 Å². The molecule has 98 valence electrons. The molecule has 5 nitrogen and oxygen atoms in total. The summed E-state index contributed by atoms with van der Waals surface area (Å²) in [6.07, 6.45) is 1.78. The Bertz CT molecular complexity index is 532. The highest BCUT2D eigenvalue weighted by molar-refractivity contribution is 9.10. The van der Waals surface area contributed by atoms with Crippen LogP contribution < -0.4 is 5.73 Å².